The third kappa shape index (κ3) is 2.03. The number of benzene rings is 1. The zero-order valence-corrected chi connectivity index (χ0v) is 9.99. The summed E-state index contributed by atoms with van der Waals surface area (Å²) < 4.78 is 5.38. The molecule has 3 aromatic rings. The summed E-state index contributed by atoms with van der Waals surface area (Å²) in [5.41, 5.74) is 2.71. The Balaban J connectivity index is 2.12. The van der Waals surface area contributed by atoms with E-state index in [2.05, 4.69) is 15.0 Å². The predicted octanol–water partition coefficient (Wildman–Crippen LogP) is 2.29. The third-order valence-electron chi connectivity index (χ3n) is 2.64. The van der Waals surface area contributed by atoms with Crippen LogP contribution in [0.25, 0.3) is 22.4 Å². The van der Waals surface area contributed by atoms with Gasteiger partial charge in [-0.2, -0.15) is 0 Å². The van der Waals surface area contributed by atoms with Crippen LogP contribution < -0.4 is 0 Å². The molecule has 0 aliphatic rings. The summed E-state index contributed by atoms with van der Waals surface area (Å²) in [6, 6.07) is 7.05. The summed E-state index contributed by atoms with van der Waals surface area (Å²) in [6.45, 7) is 1.77. The molecule has 0 spiro atoms. The molecule has 1 N–H and O–H groups in total. The van der Waals surface area contributed by atoms with Crippen LogP contribution in [-0.2, 0) is 0 Å². The van der Waals surface area contributed by atoms with E-state index in [1.165, 1.54) is 6.20 Å². The van der Waals surface area contributed by atoms with E-state index in [9.17, 15) is 4.79 Å². The number of aromatic nitrogens is 3. The average molecular weight is 255 g/mol. The van der Waals surface area contributed by atoms with Crippen molar-refractivity contribution in [2.24, 2.45) is 0 Å². The molecule has 94 valence electrons. The fourth-order valence-electron chi connectivity index (χ4n) is 1.82. The fourth-order valence-corrected chi connectivity index (χ4v) is 1.82. The first-order valence-electron chi connectivity index (χ1n) is 5.57. The molecule has 1 aromatic carbocycles. The molecular weight excluding hydrogens is 246 g/mol. The van der Waals surface area contributed by atoms with Gasteiger partial charge in [0.15, 0.2) is 11.5 Å². The smallest absolute Gasteiger partial charge is 0.373 e. The molecule has 2 heterocycles. The van der Waals surface area contributed by atoms with E-state index in [-0.39, 0.29) is 5.82 Å². The monoisotopic (exact) mass is 255 g/mol. The second-order valence-electron chi connectivity index (χ2n) is 3.99. The molecule has 3 rings (SSSR count). The summed E-state index contributed by atoms with van der Waals surface area (Å²) >= 11 is 0. The van der Waals surface area contributed by atoms with Gasteiger partial charge in [-0.15, -0.1) is 0 Å². The minimum Gasteiger partial charge on any atom is -0.475 e. The summed E-state index contributed by atoms with van der Waals surface area (Å²) in [5.74, 6) is -0.796. The highest BCUT2D eigenvalue weighted by atomic mass is 16.4. The number of carboxylic acids is 1. The Kier molecular flexibility index (Phi) is 2.49. The van der Waals surface area contributed by atoms with Gasteiger partial charge in [-0.05, 0) is 24.3 Å². The molecule has 0 atom stereocenters. The second-order valence-corrected chi connectivity index (χ2v) is 3.99. The van der Waals surface area contributed by atoms with Crippen LogP contribution in [0.3, 0.4) is 0 Å². The SMILES string of the molecule is Cc1nc2cc(-c3ccnc(C(=O)O)n3)ccc2o1. The molecule has 0 radical (unpaired) electrons. The highest BCUT2D eigenvalue weighted by Crippen LogP contribution is 2.23. The minimum atomic E-state index is -1.15. The van der Waals surface area contributed by atoms with Gasteiger partial charge in [-0.3, -0.25) is 0 Å². The Morgan fingerprint density at radius 1 is 1.26 bits per heavy atom. The molecule has 0 unspecified atom stereocenters. The first-order valence-corrected chi connectivity index (χ1v) is 5.57. The topological polar surface area (TPSA) is 89.1 Å². The molecule has 2 aromatic heterocycles. The Morgan fingerprint density at radius 2 is 2.11 bits per heavy atom. The second kappa shape index (κ2) is 4.16. The number of rotatable bonds is 2. The Morgan fingerprint density at radius 3 is 2.89 bits per heavy atom. The molecule has 6 heteroatoms. The molecule has 19 heavy (non-hydrogen) atoms. The van der Waals surface area contributed by atoms with E-state index in [0.717, 1.165) is 5.56 Å². The number of aryl methyl sites for hydroxylation is 1. The number of fused-ring (bicyclic) bond motifs is 1. The van der Waals surface area contributed by atoms with E-state index in [1.54, 1.807) is 31.2 Å². The van der Waals surface area contributed by atoms with Crippen molar-refractivity contribution in [3.05, 3.63) is 42.2 Å². The van der Waals surface area contributed by atoms with Gasteiger partial charge in [0, 0.05) is 18.7 Å². The lowest BCUT2D eigenvalue weighted by Crippen LogP contribution is -2.04. The maximum atomic E-state index is 10.8. The standard InChI is InChI=1S/C13H9N3O3/c1-7-15-10-6-8(2-3-11(10)19-7)9-4-5-14-12(16-9)13(17)18/h2-6H,1H3,(H,17,18). The summed E-state index contributed by atoms with van der Waals surface area (Å²) in [4.78, 5) is 22.8. The van der Waals surface area contributed by atoms with Crippen LogP contribution in [0.4, 0.5) is 0 Å². The van der Waals surface area contributed by atoms with Crippen molar-refractivity contribution in [1.82, 2.24) is 15.0 Å². The van der Waals surface area contributed by atoms with Crippen molar-refractivity contribution in [2.45, 2.75) is 6.92 Å². The lowest BCUT2D eigenvalue weighted by Gasteiger charge is -2.01. The number of hydrogen-bond donors (Lipinski definition) is 1. The fraction of sp³-hybridized carbons (Fsp3) is 0.0769. The highest BCUT2D eigenvalue weighted by molar-refractivity contribution is 5.84. The number of oxazole rings is 1. The molecule has 0 fully saturated rings. The number of aromatic carboxylic acids is 1. The van der Waals surface area contributed by atoms with Crippen molar-refractivity contribution < 1.29 is 14.3 Å². The third-order valence-corrected chi connectivity index (χ3v) is 2.64. The van der Waals surface area contributed by atoms with Crippen LogP contribution in [-0.4, -0.2) is 26.0 Å². The molecule has 0 amide bonds. The van der Waals surface area contributed by atoms with E-state index in [4.69, 9.17) is 9.52 Å². The quantitative estimate of drug-likeness (QED) is 0.755. The molecule has 0 bridgehead atoms. The number of carbonyl (C=O) groups is 1. The van der Waals surface area contributed by atoms with Crippen LogP contribution in [0, 0.1) is 6.92 Å². The zero-order valence-electron chi connectivity index (χ0n) is 9.99. The van der Waals surface area contributed by atoms with E-state index < -0.39 is 5.97 Å². The van der Waals surface area contributed by atoms with Gasteiger partial charge in [0.2, 0.25) is 5.82 Å². The van der Waals surface area contributed by atoms with E-state index in [0.29, 0.717) is 22.7 Å². The predicted molar refractivity (Wildman–Crippen MR) is 66.7 cm³/mol. The Hall–Kier alpha value is -2.76. The van der Waals surface area contributed by atoms with Crippen molar-refractivity contribution in [3.8, 4) is 11.3 Å². The van der Waals surface area contributed by atoms with Gasteiger partial charge in [-0.25, -0.2) is 19.7 Å². The molecular formula is C13H9N3O3. The van der Waals surface area contributed by atoms with Crippen molar-refractivity contribution in [2.75, 3.05) is 0 Å². The maximum Gasteiger partial charge on any atom is 0.373 e. The maximum absolute atomic E-state index is 10.8. The molecule has 0 aliphatic heterocycles. The molecule has 0 aliphatic carbocycles. The normalized spacial score (nSPS) is 10.8. The van der Waals surface area contributed by atoms with Crippen molar-refractivity contribution in [3.63, 3.8) is 0 Å². The van der Waals surface area contributed by atoms with E-state index >= 15 is 0 Å². The minimum absolute atomic E-state index is 0.228. The summed E-state index contributed by atoms with van der Waals surface area (Å²) in [7, 11) is 0. The largest absolute Gasteiger partial charge is 0.475 e. The van der Waals surface area contributed by atoms with Gasteiger partial charge >= 0.3 is 5.97 Å². The molecule has 6 nitrogen and oxygen atoms in total. The average Bonchev–Trinajstić information content (AvgIpc) is 2.77. The molecule has 0 saturated heterocycles. The lowest BCUT2D eigenvalue weighted by molar-refractivity contribution is 0.0683. The Bertz CT molecular complexity index is 780. The van der Waals surface area contributed by atoms with Crippen LogP contribution in [0.1, 0.15) is 16.5 Å². The van der Waals surface area contributed by atoms with Crippen LogP contribution >= 0.6 is 0 Å². The van der Waals surface area contributed by atoms with Crippen LogP contribution in [0.5, 0.6) is 0 Å². The summed E-state index contributed by atoms with van der Waals surface area (Å²) in [6.07, 6.45) is 1.42. The van der Waals surface area contributed by atoms with Crippen molar-refractivity contribution >= 4 is 17.1 Å². The number of nitrogens with zero attached hydrogens (tertiary/aromatic N) is 3. The Labute approximate surface area is 107 Å². The lowest BCUT2D eigenvalue weighted by atomic mass is 10.1. The number of hydrogen-bond acceptors (Lipinski definition) is 5. The summed E-state index contributed by atoms with van der Waals surface area (Å²) in [5, 5.41) is 8.88. The van der Waals surface area contributed by atoms with Gasteiger partial charge in [0.1, 0.15) is 5.52 Å². The van der Waals surface area contributed by atoms with Crippen molar-refractivity contribution in [1.29, 1.82) is 0 Å². The van der Waals surface area contributed by atoms with Gasteiger partial charge in [-0.1, -0.05) is 0 Å². The zero-order chi connectivity index (χ0) is 13.4. The highest BCUT2D eigenvalue weighted by Gasteiger charge is 2.10. The van der Waals surface area contributed by atoms with Gasteiger partial charge in [0.25, 0.3) is 0 Å². The van der Waals surface area contributed by atoms with Crippen LogP contribution in [0.2, 0.25) is 0 Å². The van der Waals surface area contributed by atoms with Crippen LogP contribution in [0.15, 0.2) is 34.9 Å². The number of carboxylic acid groups (broad SMARTS) is 1. The first kappa shape index (κ1) is 11.3. The first-order chi connectivity index (χ1) is 9.13. The van der Waals surface area contributed by atoms with Gasteiger partial charge < -0.3 is 9.52 Å². The molecule has 0 saturated carbocycles. The van der Waals surface area contributed by atoms with Gasteiger partial charge in [0.05, 0.1) is 5.69 Å². The van der Waals surface area contributed by atoms with E-state index in [1.807, 2.05) is 0 Å².